The van der Waals surface area contributed by atoms with Crippen molar-refractivity contribution in [3.63, 3.8) is 0 Å². The molecule has 0 bridgehead atoms. The van der Waals surface area contributed by atoms with Gasteiger partial charge < -0.3 is 14.2 Å². The summed E-state index contributed by atoms with van der Waals surface area (Å²) in [6.07, 6.45) is 3.10. The van der Waals surface area contributed by atoms with Crippen LogP contribution < -0.4 is 14.2 Å². The monoisotopic (exact) mass is 360 g/mol. The fraction of sp³-hybridized carbons (Fsp3) is 0.0870. The highest BCUT2D eigenvalue weighted by Crippen LogP contribution is 2.24. The zero-order valence-corrected chi connectivity index (χ0v) is 15.2. The number of methoxy groups -OCH3 is 2. The molecule has 4 nitrogen and oxygen atoms in total. The van der Waals surface area contributed by atoms with E-state index < -0.39 is 5.97 Å². The predicted octanol–water partition coefficient (Wildman–Crippen LogP) is 4.99. The van der Waals surface area contributed by atoms with Gasteiger partial charge in [0.1, 0.15) is 17.2 Å². The number of carbonyl (C=O) groups is 1. The highest BCUT2D eigenvalue weighted by atomic mass is 16.5. The Labute approximate surface area is 158 Å². The second-order valence-electron chi connectivity index (χ2n) is 5.78. The first-order valence-corrected chi connectivity index (χ1v) is 8.46. The molecule has 0 amide bonds. The van der Waals surface area contributed by atoms with Gasteiger partial charge >= 0.3 is 5.97 Å². The van der Waals surface area contributed by atoms with E-state index >= 15 is 0 Å². The Balaban J connectivity index is 1.61. The summed E-state index contributed by atoms with van der Waals surface area (Å²) in [7, 11) is 3.25. The lowest BCUT2D eigenvalue weighted by atomic mass is 10.1. The quantitative estimate of drug-likeness (QED) is 0.353. The van der Waals surface area contributed by atoms with Gasteiger partial charge in [-0.3, -0.25) is 0 Å². The minimum absolute atomic E-state index is 0.428. The fourth-order valence-corrected chi connectivity index (χ4v) is 2.53. The average molecular weight is 360 g/mol. The van der Waals surface area contributed by atoms with Gasteiger partial charge in [-0.1, -0.05) is 36.4 Å². The summed E-state index contributed by atoms with van der Waals surface area (Å²) in [6, 6.07) is 22.6. The van der Waals surface area contributed by atoms with Crippen LogP contribution in [-0.2, 0) is 4.79 Å². The molecule has 0 saturated heterocycles. The molecule has 3 aromatic carbocycles. The molecule has 0 fully saturated rings. The van der Waals surface area contributed by atoms with Gasteiger partial charge in [-0.2, -0.15) is 0 Å². The van der Waals surface area contributed by atoms with Crippen LogP contribution in [0.4, 0.5) is 0 Å². The molecule has 3 rings (SSSR count). The van der Waals surface area contributed by atoms with Crippen LogP contribution in [0.25, 0.3) is 17.2 Å². The highest BCUT2D eigenvalue weighted by Gasteiger charge is 2.03. The molecule has 27 heavy (non-hydrogen) atoms. The largest absolute Gasteiger partial charge is 0.497 e. The van der Waals surface area contributed by atoms with Gasteiger partial charge in [0, 0.05) is 6.08 Å². The Morgan fingerprint density at radius 3 is 1.59 bits per heavy atom. The molecule has 0 aliphatic rings. The molecular weight excluding hydrogens is 340 g/mol. The maximum Gasteiger partial charge on any atom is 0.336 e. The molecule has 0 saturated carbocycles. The molecule has 0 aliphatic carbocycles. The highest BCUT2D eigenvalue weighted by molar-refractivity contribution is 5.88. The van der Waals surface area contributed by atoms with E-state index in [2.05, 4.69) is 0 Å². The van der Waals surface area contributed by atoms with Gasteiger partial charge in [-0.25, -0.2) is 4.79 Å². The molecule has 0 atom stereocenters. The number of hydrogen-bond donors (Lipinski definition) is 0. The van der Waals surface area contributed by atoms with E-state index in [0.29, 0.717) is 5.75 Å². The van der Waals surface area contributed by atoms with Crippen LogP contribution in [0.2, 0.25) is 0 Å². The van der Waals surface area contributed by atoms with Gasteiger partial charge in [-0.15, -0.1) is 0 Å². The molecule has 0 aliphatic heterocycles. The zero-order chi connectivity index (χ0) is 19.1. The molecule has 0 unspecified atom stereocenters. The summed E-state index contributed by atoms with van der Waals surface area (Å²) in [5.74, 6) is 1.65. The van der Waals surface area contributed by atoms with Crippen LogP contribution in [0, 0.1) is 0 Å². The first-order chi connectivity index (χ1) is 13.2. The van der Waals surface area contributed by atoms with Gasteiger partial charge in [0.25, 0.3) is 0 Å². The Hall–Kier alpha value is -3.53. The smallest absolute Gasteiger partial charge is 0.336 e. The van der Waals surface area contributed by atoms with E-state index in [1.54, 1.807) is 32.4 Å². The van der Waals surface area contributed by atoms with Crippen molar-refractivity contribution in [3.05, 3.63) is 84.4 Å². The van der Waals surface area contributed by atoms with E-state index in [4.69, 9.17) is 14.2 Å². The lowest BCUT2D eigenvalue weighted by molar-refractivity contribution is -0.128. The summed E-state index contributed by atoms with van der Waals surface area (Å²) >= 11 is 0. The minimum atomic E-state index is -0.428. The Morgan fingerprint density at radius 2 is 1.11 bits per heavy atom. The Kier molecular flexibility index (Phi) is 5.90. The van der Waals surface area contributed by atoms with Crippen molar-refractivity contribution in [1.82, 2.24) is 0 Å². The predicted molar refractivity (Wildman–Crippen MR) is 106 cm³/mol. The molecule has 0 spiro atoms. The van der Waals surface area contributed by atoms with Crippen molar-refractivity contribution in [2.24, 2.45) is 0 Å². The molecule has 136 valence electrons. The van der Waals surface area contributed by atoms with E-state index in [0.717, 1.165) is 28.2 Å². The lowest BCUT2D eigenvalue weighted by Gasteiger charge is -2.06. The molecule has 0 radical (unpaired) electrons. The van der Waals surface area contributed by atoms with E-state index in [9.17, 15) is 4.79 Å². The number of rotatable bonds is 6. The normalized spacial score (nSPS) is 10.6. The first kappa shape index (κ1) is 18.3. The number of ether oxygens (including phenoxy) is 3. The maximum absolute atomic E-state index is 12.0. The third kappa shape index (κ3) is 4.98. The Morgan fingerprint density at radius 1 is 0.667 bits per heavy atom. The third-order valence-corrected chi connectivity index (χ3v) is 4.02. The average Bonchev–Trinajstić information content (AvgIpc) is 2.73. The molecule has 3 aromatic rings. The van der Waals surface area contributed by atoms with Crippen molar-refractivity contribution in [2.75, 3.05) is 14.2 Å². The van der Waals surface area contributed by atoms with Gasteiger partial charge in [0.15, 0.2) is 0 Å². The summed E-state index contributed by atoms with van der Waals surface area (Å²) < 4.78 is 15.6. The van der Waals surface area contributed by atoms with E-state index in [-0.39, 0.29) is 0 Å². The van der Waals surface area contributed by atoms with Gasteiger partial charge in [0.05, 0.1) is 14.2 Å². The van der Waals surface area contributed by atoms with Crippen LogP contribution in [0.15, 0.2) is 78.9 Å². The summed E-state index contributed by atoms with van der Waals surface area (Å²) in [6.45, 7) is 0. The van der Waals surface area contributed by atoms with Gasteiger partial charge in [-0.05, 0) is 59.2 Å². The fourth-order valence-electron chi connectivity index (χ4n) is 2.53. The van der Waals surface area contributed by atoms with Crippen molar-refractivity contribution < 1.29 is 19.0 Å². The second-order valence-corrected chi connectivity index (χ2v) is 5.78. The van der Waals surface area contributed by atoms with Crippen molar-refractivity contribution in [1.29, 1.82) is 0 Å². The summed E-state index contributed by atoms with van der Waals surface area (Å²) in [5.41, 5.74) is 2.99. The molecule has 0 N–H and O–H groups in total. The third-order valence-electron chi connectivity index (χ3n) is 4.02. The molecule has 4 heteroatoms. The second kappa shape index (κ2) is 8.72. The molecule has 0 heterocycles. The van der Waals surface area contributed by atoms with Gasteiger partial charge in [0.2, 0.25) is 0 Å². The summed E-state index contributed by atoms with van der Waals surface area (Å²) in [5, 5.41) is 0. The standard InChI is InChI=1S/C23H20O4/c1-25-20-10-3-17(4-11-20)5-16-23(24)27-22-14-8-19(9-15-22)18-6-12-21(26-2)13-7-18/h3-16H,1-2H3/b16-5+. The van der Waals surface area contributed by atoms with Crippen LogP contribution >= 0.6 is 0 Å². The van der Waals surface area contributed by atoms with Crippen LogP contribution in [0.3, 0.4) is 0 Å². The van der Waals surface area contributed by atoms with E-state index in [1.165, 1.54) is 6.08 Å². The van der Waals surface area contributed by atoms with Crippen LogP contribution in [0.5, 0.6) is 17.2 Å². The lowest BCUT2D eigenvalue weighted by Crippen LogP contribution is -2.03. The minimum Gasteiger partial charge on any atom is -0.497 e. The van der Waals surface area contributed by atoms with Crippen LogP contribution in [-0.4, -0.2) is 20.2 Å². The van der Waals surface area contributed by atoms with E-state index in [1.807, 2.05) is 60.7 Å². The Bertz CT molecular complexity index is 908. The van der Waals surface area contributed by atoms with Crippen molar-refractivity contribution >= 4 is 12.0 Å². The van der Waals surface area contributed by atoms with Crippen molar-refractivity contribution in [2.45, 2.75) is 0 Å². The first-order valence-electron chi connectivity index (χ1n) is 8.46. The SMILES string of the molecule is COc1ccc(/C=C/C(=O)Oc2ccc(-c3ccc(OC)cc3)cc2)cc1. The number of esters is 1. The maximum atomic E-state index is 12.0. The van der Waals surface area contributed by atoms with Crippen LogP contribution in [0.1, 0.15) is 5.56 Å². The topological polar surface area (TPSA) is 44.8 Å². The number of hydrogen-bond acceptors (Lipinski definition) is 4. The number of carbonyl (C=O) groups excluding carboxylic acids is 1. The molecular formula is C23H20O4. The number of benzene rings is 3. The molecule has 0 aromatic heterocycles. The summed E-state index contributed by atoms with van der Waals surface area (Å²) in [4.78, 5) is 12.0. The zero-order valence-electron chi connectivity index (χ0n) is 15.2. The van der Waals surface area contributed by atoms with Crippen molar-refractivity contribution in [3.8, 4) is 28.4 Å².